The second-order valence-corrected chi connectivity index (χ2v) is 11.7. The first-order valence-electron chi connectivity index (χ1n) is 8.97. The number of rotatable bonds is 8. The summed E-state index contributed by atoms with van der Waals surface area (Å²) >= 11 is 0. The van der Waals surface area contributed by atoms with Crippen LogP contribution in [0.15, 0.2) is 72.6 Å². The standard InChI is InChI=1S/C22H27FO2Si/c1-22(2,3)26(20-13-6-4-7-14-20,21-15-8-5-9-16-21)25-17-11-10-12-19(23)18-24/h4-9,12-16,18H,10-11,17H2,1-3H3/b19-12+. The Kier molecular flexibility index (Phi) is 7.06. The molecule has 2 nitrogen and oxygen atoms in total. The number of carbonyl (C=O) groups excluding carboxylic acids is 1. The summed E-state index contributed by atoms with van der Waals surface area (Å²) in [7, 11) is -2.52. The van der Waals surface area contributed by atoms with Gasteiger partial charge in [-0.3, -0.25) is 4.79 Å². The molecule has 4 heteroatoms. The van der Waals surface area contributed by atoms with E-state index in [2.05, 4.69) is 69.3 Å². The fraction of sp³-hybridized carbons (Fsp3) is 0.318. The fourth-order valence-electron chi connectivity index (χ4n) is 3.36. The molecule has 0 aromatic heterocycles. The minimum absolute atomic E-state index is 0.0698. The summed E-state index contributed by atoms with van der Waals surface area (Å²) in [4.78, 5) is 10.4. The summed E-state index contributed by atoms with van der Waals surface area (Å²) in [6.45, 7) is 7.21. The van der Waals surface area contributed by atoms with Crippen LogP contribution < -0.4 is 10.4 Å². The van der Waals surface area contributed by atoms with E-state index in [1.54, 1.807) is 0 Å². The third-order valence-corrected chi connectivity index (χ3v) is 9.58. The zero-order valence-electron chi connectivity index (χ0n) is 15.7. The van der Waals surface area contributed by atoms with Crippen LogP contribution in [0.5, 0.6) is 0 Å². The van der Waals surface area contributed by atoms with Crippen LogP contribution in [0.3, 0.4) is 0 Å². The molecule has 0 heterocycles. The van der Waals surface area contributed by atoms with E-state index in [0.717, 1.165) is 0 Å². The molecule has 0 atom stereocenters. The number of aldehydes is 1. The molecular weight excluding hydrogens is 343 g/mol. The second kappa shape index (κ2) is 9.06. The fourth-order valence-corrected chi connectivity index (χ4v) is 7.96. The number of carbonyl (C=O) groups is 1. The Balaban J connectivity index is 2.36. The first-order chi connectivity index (χ1) is 12.4. The normalized spacial score (nSPS) is 12.8. The Morgan fingerprint density at radius 1 is 1.00 bits per heavy atom. The van der Waals surface area contributed by atoms with E-state index < -0.39 is 14.1 Å². The molecule has 0 spiro atoms. The summed E-state index contributed by atoms with van der Waals surface area (Å²) in [5.74, 6) is -0.713. The molecule has 138 valence electrons. The Morgan fingerprint density at radius 3 is 1.92 bits per heavy atom. The van der Waals surface area contributed by atoms with Crippen molar-refractivity contribution in [2.24, 2.45) is 0 Å². The van der Waals surface area contributed by atoms with Crippen LogP contribution in [0.2, 0.25) is 5.04 Å². The molecule has 0 aliphatic rings. The second-order valence-electron chi connectivity index (χ2n) is 7.36. The van der Waals surface area contributed by atoms with E-state index in [1.807, 2.05) is 12.1 Å². The lowest BCUT2D eigenvalue weighted by Gasteiger charge is -2.43. The van der Waals surface area contributed by atoms with Crippen molar-refractivity contribution >= 4 is 25.0 Å². The largest absolute Gasteiger partial charge is 0.407 e. The van der Waals surface area contributed by atoms with Gasteiger partial charge in [0.1, 0.15) is 0 Å². The molecule has 2 aromatic carbocycles. The summed E-state index contributed by atoms with van der Waals surface area (Å²) in [6, 6.07) is 20.8. The van der Waals surface area contributed by atoms with Gasteiger partial charge in [-0.15, -0.1) is 0 Å². The predicted octanol–water partition coefficient (Wildman–Crippen LogP) is 4.40. The summed E-state index contributed by atoms with van der Waals surface area (Å²) < 4.78 is 19.7. The molecule has 0 aliphatic carbocycles. The van der Waals surface area contributed by atoms with E-state index in [-0.39, 0.29) is 11.3 Å². The summed E-state index contributed by atoms with van der Waals surface area (Å²) in [6.07, 6.45) is 2.72. The van der Waals surface area contributed by atoms with E-state index >= 15 is 0 Å². The van der Waals surface area contributed by atoms with Gasteiger partial charge in [0.2, 0.25) is 0 Å². The number of hydrogen-bond acceptors (Lipinski definition) is 2. The Bertz CT molecular complexity index is 681. The van der Waals surface area contributed by atoms with Gasteiger partial charge in [-0.25, -0.2) is 4.39 Å². The lowest BCUT2D eigenvalue weighted by Crippen LogP contribution is -2.66. The topological polar surface area (TPSA) is 26.3 Å². The Hall–Kier alpha value is -2.04. The van der Waals surface area contributed by atoms with Gasteiger partial charge in [-0.1, -0.05) is 81.4 Å². The van der Waals surface area contributed by atoms with Crippen molar-refractivity contribution in [1.29, 1.82) is 0 Å². The van der Waals surface area contributed by atoms with E-state index in [1.165, 1.54) is 16.4 Å². The van der Waals surface area contributed by atoms with Crippen molar-refractivity contribution < 1.29 is 13.6 Å². The van der Waals surface area contributed by atoms with Crippen molar-refractivity contribution in [3.05, 3.63) is 72.6 Å². The number of hydrogen-bond donors (Lipinski definition) is 0. The highest BCUT2D eigenvalue weighted by atomic mass is 28.4. The number of benzene rings is 2. The molecule has 26 heavy (non-hydrogen) atoms. The molecule has 2 rings (SSSR count). The Morgan fingerprint density at radius 2 is 1.50 bits per heavy atom. The van der Waals surface area contributed by atoms with Gasteiger partial charge in [-0.05, 0) is 34.3 Å². The van der Waals surface area contributed by atoms with Gasteiger partial charge in [-0.2, -0.15) is 0 Å². The quantitative estimate of drug-likeness (QED) is 0.298. The smallest absolute Gasteiger partial charge is 0.261 e. The van der Waals surface area contributed by atoms with E-state index in [4.69, 9.17) is 4.43 Å². The highest BCUT2D eigenvalue weighted by Crippen LogP contribution is 2.36. The van der Waals surface area contributed by atoms with Crippen LogP contribution in [-0.4, -0.2) is 21.2 Å². The maximum Gasteiger partial charge on any atom is 0.261 e. The first kappa shape index (κ1) is 20.3. The molecule has 0 fully saturated rings. The SMILES string of the molecule is CC(C)(C)[Si](OCCC/C=C(/F)C=O)(c1ccccc1)c1ccccc1. The third-order valence-electron chi connectivity index (χ3n) is 4.54. The van der Waals surface area contributed by atoms with Crippen LogP contribution in [0.4, 0.5) is 4.39 Å². The number of halogens is 1. The molecule has 2 aromatic rings. The van der Waals surface area contributed by atoms with E-state index in [0.29, 0.717) is 19.4 Å². The maximum absolute atomic E-state index is 13.0. The molecule has 0 amide bonds. The number of unbranched alkanes of at least 4 members (excludes halogenated alkanes) is 1. The van der Waals surface area contributed by atoms with Crippen molar-refractivity contribution in [3.63, 3.8) is 0 Å². The van der Waals surface area contributed by atoms with Gasteiger partial charge in [0.25, 0.3) is 8.32 Å². The molecular formula is C22H27FO2Si. The third kappa shape index (κ3) is 4.57. The minimum Gasteiger partial charge on any atom is -0.407 e. The van der Waals surface area contributed by atoms with Gasteiger partial charge in [0, 0.05) is 6.61 Å². The van der Waals surface area contributed by atoms with Crippen LogP contribution in [-0.2, 0) is 9.22 Å². The van der Waals surface area contributed by atoms with Crippen molar-refractivity contribution in [2.45, 2.75) is 38.7 Å². The highest BCUT2D eigenvalue weighted by Gasteiger charge is 2.49. The molecule has 0 N–H and O–H groups in total. The Labute approximate surface area is 156 Å². The van der Waals surface area contributed by atoms with Crippen LogP contribution in [0.1, 0.15) is 33.6 Å². The molecule has 0 unspecified atom stereocenters. The highest BCUT2D eigenvalue weighted by molar-refractivity contribution is 6.99. The van der Waals surface area contributed by atoms with Gasteiger partial charge < -0.3 is 4.43 Å². The van der Waals surface area contributed by atoms with Gasteiger partial charge in [0.05, 0.1) is 0 Å². The monoisotopic (exact) mass is 370 g/mol. The van der Waals surface area contributed by atoms with Crippen molar-refractivity contribution in [1.82, 2.24) is 0 Å². The van der Waals surface area contributed by atoms with Crippen LogP contribution >= 0.6 is 0 Å². The van der Waals surface area contributed by atoms with Crippen molar-refractivity contribution in [3.8, 4) is 0 Å². The molecule has 0 saturated carbocycles. The van der Waals surface area contributed by atoms with E-state index in [9.17, 15) is 9.18 Å². The van der Waals surface area contributed by atoms with Crippen molar-refractivity contribution in [2.75, 3.05) is 6.61 Å². The van der Waals surface area contributed by atoms with Crippen LogP contribution in [0.25, 0.3) is 0 Å². The predicted molar refractivity (Wildman–Crippen MR) is 108 cm³/mol. The first-order valence-corrected chi connectivity index (χ1v) is 10.9. The molecule has 0 saturated heterocycles. The minimum atomic E-state index is -2.52. The molecule has 0 aliphatic heterocycles. The zero-order valence-corrected chi connectivity index (χ0v) is 16.7. The zero-order chi connectivity index (χ0) is 19.0. The molecule has 0 radical (unpaired) electrons. The summed E-state index contributed by atoms with van der Waals surface area (Å²) in [5, 5.41) is 2.39. The lowest BCUT2D eigenvalue weighted by molar-refractivity contribution is -0.106. The van der Waals surface area contributed by atoms with Gasteiger partial charge in [0.15, 0.2) is 12.1 Å². The maximum atomic E-state index is 13.0. The average molecular weight is 371 g/mol. The number of allylic oxidation sites excluding steroid dienone is 2. The van der Waals surface area contributed by atoms with Crippen LogP contribution in [0, 0.1) is 0 Å². The molecule has 0 bridgehead atoms. The van der Waals surface area contributed by atoms with Gasteiger partial charge >= 0.3 is 0 Å². The summed E-state index contributed by atoms with van der Waals surface area (Å²) in [5.41, 5.74) is 0. The lowest BCUT2D eigenvalue weighted by atomic mass is 10.2. The average Bonchev–Trinajstić information content (AvgIpc) is 2.65.